The van der Waals surface area contributed by atoms with Crippen molar-refractivity contribution in [2.75, 3.05) is 0 Å². The van der Waals surface area contributed by atoms with E-state index in [-0.39, 0.29) is 0 Å². The van der Waals surface area contributed by atoms with Crippen molar-refractivity contribution < 1.29 is 9.90 Å². The van der Waals surface area contributed by atoms with Crippen LogP contribution in [0, 0.1) is 0 Å². The monoisotopic (exact) mass is 208 g/mol. The van der Waals surface area contributed by atoms with E-state index in [1.165, 1.54) is 0 Å². The van der Waals surface area contributed by atoms with Crippen molar-refractivity contribution in [3.8, 4) is 0 Å². The van der Waals surface area contributed by atoms with E-state index >= 15 is 0 Å². The second kappa shape index (κ2) is 4.42. The number of hydrogen-bond donors (Lipinski definition) is 3. The van der Waals surface area contributed by atoms with Gasteiger partial charge < -0.3 is 5.11 Å². The van der Waals surface area contributed by atoms with Crippen LogP contribution in [0.15, 0.2) is 30.3 Å². The topological polar surface area (TPSA) is 75.3 Å². The standard InChI is InChI=1S/C11H16N2O2/c1-11(2,15)9(10(14)13-12)8-6-4-3-5-7-8/h3-7,9,15H,12H2,1-2H3,(H,13,14). The fraction of sp³-hybridized carbons (Fsp3) is 0.364. The third kappa shape index (κ3) is 2.78. The SMILES string of the molecule is CC(C)(O)C(C(=O)NN)c1ccccc1. The Labute approximate surface area is 89.1 Å². The van der Waals surface area contributed by atoms with Gasteiger partial charge in [-0.25, -0.2) is 5.84 Å². The fourth-order valence-electron chi connectivity index (χ4n) is 1.61. The molecule has 1 aromatic rings. The fourth-order valence-corrected chi connectivity index (χ4v) is 1.61. The normalized spacial score (nSPS) is 13.3. The summed E-state index contributed by atoms with van der Waals surface area (Å²) in [6, 6.07) is 9.07. The van der Waals surface area contributed by atoms with Gasteiger partial charge in [-0.3, -0.25) is 10.2 Å². The van der Waals surface area contributed by atoms with E-state index < -0.39 is 17.4 Å². The van der Waals surface area contributed by atoms with Crippen LogP contribution >= 0.6 is 0 Å². The van der Waals surface area contributed by atoms with Gasteiger partial charge in [0.2, 0.25) is 5.91 Å². The van der Waals surface area contributed by atoms with Gasteiger partial charge in [0.25, 0.3) is 0 Å². The molecule has 0 aliphatic heterocycles. The molecule has 82 valence electrons. The average Bonchev–Trinajstić information content (AvgIpc) is 2.17. The van der Waals surface area contributed by atoms with E-state index in [2.05, 4.69) is 5.43 Å². The van der Waals surface area contributed by atoms with Gasteiger partial charge in [-0.15, -0.1) is 0 Å². The van der Waals surface area contributed by atoms with Gasteiger partial charge in [0.15, 0.2) is 0 Å². The number of carbonyl (C=O) groups is 1. The van der Waals surface area contributed by atoms with Crippen LogP contribution in [0.1, 0.15) is 25.3 Å². The van der Waals surface area contributed by atoms with Crippen molar-refractivity contribution in [1.29, 1.82) is 0 Å². The summed E-state index contributed by atoms with van der Waals surface area (Å²) in [6.07, 6.45) is 0. The van der Waals surface area contributed by atoms with Crippen molar-refractivity contribution >= 4 is 5.91 Å². The quantitative estimate of drug-likeness (QED) is 0.385. The molecule has 0 fully saturated rings. The smallest absolute Gasteiger partial charge is 0.244 e. The molecule has 4 heteroatoms. The lowest BCUT2D eigenvalue weighted by Crippen LogP contribution is -2.43. The first-order valence-electron chi connectivity index (χ1n) is 4.74. The van der Waals surface area contributed by atoms with Crippen LogP contribution in [0.5, 0.6) is 0 Å². The summed E-state index contributed by atoms with van der Waals surface area (Å²) in [7, 11) is 0. The molecule has 1 atom stereocenters. The maximum atomic E-state index is 11.6. The third-order valence-electron chi connectivity index (χ3n) is 2.24. The molecule has 0 aliphatic carbocycles. The predicted molar refractivity (Wildman–Crippen MR) is 57.8 cm³/mol. The lowest BCUT2D eigenvalue weighted by Gasteiger charge is -2.27. The summed E-state index contributed by atoms with van der Waals surface area (Å²) >= 11 is 0. The Kier molecular flexibility index (Phi) is 3.44. The zero-order valence-electron chi connectivity index (χ0n) is 8.90. The summed E-state index contributed by atoms with van der Waals surface area (Å²) in [5.74, 6) is 4.04. The number of nitrogens with two attached hydrogens (primary N) is 1. The number of amides is 1. The Balaban J connectivity index is 3.08. The molecule has 1 amide bonds. The van der Waals surface area contributed by atoms with Crippen molar-refractivity contribution in [3.05, 3.63) is 35.9 Å². The van der Waals surface area contributed by atoms with Gasteiger partial charge in [-0.2, -0.15) is 0 Å². The number of aliphatic hydroxyl groups is 1. The lowest BCUT2D eigenvalue weighted by molar-refractivity contribution is -0.127. The third-order valence-corrected chi connectivity index (χ3v) is 2.24. The van der Waals surface area contributed by atoms with Gasteiger partial charge in [0, 0.05) is 0 Å². The lowest BCUT2D eigenvalue weighted by atomic mass is 9.84. The number of nitrogens with one attached hydrogen (secondary N) is 1. The van der Waals surface area contributed by atoms with E-state index in [4.69, 9.17) is 5.84 Å². The van der Waals surface area contributed by atoms with Gasteiger partial charge in [-0.1, -0.05) is 30.3 Å². The maximum Gasteiger partial charge on any atom is 0.244 e. The van der Waals surface area contributed by atoms with Crippen LogP contribution < -0.4 is 11.3 Å². The van der Waals surface area contributed by atoms with Crippen molar-refractivity contribution in [2.24, 2.45) is 5.84 Å². The van der Waals surface area contributed by atoms with E-state index in [0.717, 1.165) is 5.56 Å². The molecule has 0 spiro atoms. The highest BCUT2D eigenvalue weighted by atomic mass is 16.3. The second-order valence-corrected chi connectivity index (χ2v) is 4.01. The first-order chi connectivity index (χ1) is 6.96. The molecule has 1 rings (SSSR count). The highest BCUT2D eigenvalue weighted by molar-refractivity contribution is 5.84. The van der Waals surface area contributed by atoms with E-state index in [9.17, 15) is 9.90 Å². The molecule has 0 heterocycles. The molecule has 0 saturated carbocycles. The molecule has 0 radical (unpaired) electrons. The van der Waals surface area contributed by atoms with Crippen LogP contribution in [0.2, 0.25) is 0 Å². The first kappa shape index (κ1) is 11.7. The van der Waals surface area contributed by atoms with Crippen molar-refractivity contribution in [2.45, 2.75) is 25.4 Å². The Morgan fingerprint density at radius 3 is 2.33 bits per heavy atom. The van der Waals surface area contributed by atoms with Gasteiger partial charge in [0.1, 0.15) is 0 Å². The predicted octanol–water partition coefficient (Wildman–Crippen LogP) is 0.531. The summed E-state index contributed by atoms with van der Waals surface area (Å²) in [5, 5.41) is 9.92. The molecule has 15 heavy (non-hydrogen) atoms. The zero-order chi connectivity index (χ0) is 11.5. The largest absolute Gasteiger partial charge is 0.389 e. The van der Waals surface area contributed by atoms with Crippen LogP contribution in [-0.2, 0) is 4.79 Å². The molecular weight excluding hydrogens is 192 g/mol. The molecule has 0 aliphatic rings. The molecule has 0 aromatic heterocycles. The van der Waals surface area contributed by atoms with Gasteiger partial charge >= 0.3 is 0 Å². The zero-order valence-corrected chi connectivity index (χ0v) is 8.90. The molecule has 4 nitrogen and oxygen atoms in total. The molecule has 4 N–H and O–H groups in total. The van der Waals surface area contributed by atoms with Crippen LogP contribution in [0.3, 0.4) is 0 Å². The van der Waals surface area contributed by atoms with Crippen molar-refractivity contribution in [1.82, 2.24) is 5.43 Å². The minimum Gasteiger partial charge on any atom is -0.389 e. The molecule has 1 unspecified atom stereocenters. The number of benzene rings is 1. The molecule has 1 aromatic carbocycles. The number of hydrogen-bond acceptors (Lipinski definition) is 3. The first-order valence-corrected chi connectivity index (χ1v) is 4.74. The Hall–Kier alpha value is -1.39. The second-order valence-electron chi connectivity index (χ2n) is 4.01. The molecule has 0 bridgehead atoms. The molecular formula is C11H16N2O2. The van der Waals surface area contributed by atoms with E-state index in [0.29, 0.717) is 0 Å². The Bertz CT molecular complexity index is 330. The van der Waals surface area contributed by atoms with Gasteiger partial charge in [-0.05, 0) is 19.4 Å². The maximum absolute atomic E-state index is 11.6. The summed E-state index contributed by atoms with van der Waals surface area (Å²) < 4.78 is 0. The highest BCUT2D eigenvalue weighted by Crippen LogP contribution is 2.27. The summed E-state index contributed by atoms with van der Waals surface area (Å²) in [6.45, 7) is 3.17. The summed E-state index contributed by atoms with van der Waals surface area (Å²) in [5.41, 5.74) is 1.67. The average molecular weight is 208 g/mol. The minimum absolute atomic E-state index is 0.395. The Morgan fingerprint density at radius 1 is 1.40 bits per heavy atom. The molecule has 0 saturated heterocycles. The van der Waals surface area contributed by atoms with Crippen LogP contribution in [0.25, 0.3) is 0 Å². The van der Waals surface area contributed by atoms with E-state index in [1.807, 2.05) is 18.2 Å². The van der Waals surface area contributed by atoms with Crippen LogP contribution in [-0.4, -0.2) is 16.6 Å². The Morgan fingerprint density at radius 2 is 1.93 bits per heavy atom. The number of rotatable bonds is 3. The van der Waals surface area contributed by atoms with Crippen molar-refractivity contribution in [3.63, 3.8) is 0 Å². The minimum atomic E-state index is -1.15. The highest BCUT2D eigenvalue weighted by Gasteiger charge is 2.34. The number of hydrazine groups is 1. The van der Waals surface area contributed by atoms with Gasteiger partial charge in [0.05, 0.1) is 11.5 Å². The van der Waals surface area contributed by atoms with Crippen LogP contribution in [0.4, 0.5) is 0 Å². The summed E-state index contributed by atoms with van der Waals surface area (Å²) in [4.78, 5) is 11.6. The van der Waals surface area contributed by atoms with E-state index in [1.54, 1.807) is 26.0 Å². The number of carbonyl (C=O) groups excluding carboxylic acids is 1.